The summed E-state index contributed by atoms with van der Waals surface area (Å²) in [5.41, 5.74) is 5.22. The van der Waals surface area contributed by atoms with E-state index in [1.54, 1.807) is 0 Å². The summed E-state index contributed by atoms with van der Waals surface area (Å²) in [6, 6.07) is 13.2. The molecular weight excluding hydrogens is 361 g/mol. The lowest BCUT2D eigenvalue weighted by Crippen LogP contribution is -2.36. The number of ether oxygens (including phenoxy) is 1. The number of alkyl halides is 3. The molecule has 2 amide bonds. The Bertz CT molecular complexity index is 762. The molecule has 0 saturated heterocycles. The zero-order valence-electron chi connectivity index (χ0n) is 14.4. The van der Waals surface area contributed by atoms with Crippen LogP contribution in [0.4, 0.5) is 13.2 Å². The van der Waals surface area contributed by atoms with Crippen LogP contribution in [0.3, 0.4) is 0 Å². The molecule has 0 saturated carbocycles. The number of halogens is 3. The van der Waals surface area contributed by atoms with E-state index in [1.165, 1.54) is 4.90 Å². The van der Waals surface area contributed by atoms with Crippen LogP contribution in [0.2, 0.25) is 0 Å². The Hall–Kier alpha value is -3.03. The van der Waals surface area contributed by atoms with Crippen LogP contribution >= 0.6 is 0 Å². The normalized spacial score (nSPS) is 11.1. The minimum Gasteiger partial charge on any atom is -0.484 e. The van der Waals surface area contributed by atoms with Crippen molar-refractivity contribution >= 4 is 11.8 Å². The molecule has 0 bridgehead atoms. The van der Waals surface area contributed by atoms with Crippen LogP contribution in [-0.4, -0.2) is 29.9 Å². The molecule has 0 atom stereocenters. The van der Waals surface area contributed by atoms with Gasteiger partial charge in [-0.05, 0) is 29.8 Å². The average molecular weight is 380 g/mol. The van der Waals surface area contributed by atoms with Gasteiger partial charge in [0.25, 0.3) is 5.91 Å². The highest BCUT2D eigenvalue weighted by Gasteiger charge is 2.30. The third-order valence-electron chi connectivity index (χ3n) is 3.74. The number of carbonyl (C=O) groups is 2. The van der Waals surface area contributed by atoms with Gasteiger partial charge in [0.2, 0.25) is 5.91 Å². The van der Waals surface area contributed by atoms with Crippen molar-refractivity contribution in [3.63, 3.8) is 0 Å². The number of primary amides is 1. The van der Waals surface area contributed by atoms with Crippen molar-refractivity contribution in [1.29, 1.82) is 0 Å². The first-order valence-corrected chi connectivity index (χ1v) is 8.16. The van der Waals surface area contributed by atoms with Gasteiger partial charge < -0.3 is 15.4 Å². The van der Waals surface area contributed by atoms with Gasteiger partial charge in [-0.1, -0.05) is 30.3 Å². The van der Waals surface area contributed by atoms with Crippen LogP contribution in [-0.2, 0) is 22.3 Å². The molecule has 0 aliphatic heterocycles. The number of hydrogen-bond donors (Lipinski definition) is 1. The van der Waals surface area contributed by atoms with Crippen LogP contribution in [0.15, 0.2) is 54.6 Å². The molecule has 2 N–H and O–H groups in total. The van der Waals surface area contributed by atoms with Crippen molar-refractivity contribution in [3.8, 4) is 5.75 Å². The maximum Gasteiger partial charge on any atom is 0.416 e. The molecule has 2 aromatic rings. The third-order valence-corrected chi connectivity index (χ3v) is 3.74. The van der Waals surface area contributed by atoms with Gasteiger partial charge in [0.05, 0.1) is 5.56 Å². The van der Waals surface area contributed by atoms with Crippen LogP contribution in [0, 0.1) is 0 Å². The number of nitrogens with two attached hydrogens (primary N) is 1. The lowest BCUT2D eigenvalue weighted by molar-refractivity contribution is -0.138. The second-order valence-electron chi connectivity index (χ2n) is 5.83. The van der Waals surface area contributed by atoms with E-state index in [0.717, 1.165) is 29.8 Å². The van der Waals surface area contributed by atoms with Crippen molar-refractivity contribution in [1.82, 2.24) is 4.90 Å². The first-order valence-electron chi connectivity index (χ1n) is 8.16. The van der Waals surface area contributed by atoms with Crippen molar-refractivity contribution in [3.05, 3.63) is 65.7 Å². The van der Waals surface area contributed by atoms with Gasteiger partial charge in [0.1, 0.15) is 5.75 Å². The van der Waals surface area contributed by atoms with Crippen molar-refractivity contribution in [2.75, 3.05) is 13.2 Å². The Morgan fingerprint density at radius 1 is 1.00 bits per heavy atom. The van der Waals surface area contributed by atoms with E-state index < -0.39 is 23.6 Å². The Balaban J connectivity index is 1.98. The van der Waals surface area contributed by atoms with E-state index in [-0.39, 0.29) is 31.9 Å². The Morgan fingerprint density at radius 3 is 2.19 bits per heavy atom. The summed E-state index contributed by atoms with van der Waals surface area (Å²) in [5.74, 6) is -0.796. The number of hydrogen-bond acceptors (Lipinski definition) is 3. The highest BCUT2D eigenvalue weighted by atomic mass is 19.4. The number of carbonyl (C=O) groups excluding carboxylic acids is 2. The standard InChI is InChI=1S/C19H19F3N2O3/c20-19(21,22)15-6-8-16(9-7-15)27-13-18(26)24(11-10-17(23)25)12-14-4-2-1-3-5-14/h1-9H,10-13H2,(H2,23,25). The summed E-state index contributed by atoms with van der Waals surface area (Å²) in [7, 11) is 0. The first-order chi connectivity index (χ1) is 12.8. The largest absolute Gasteiger partial charge is 0.484 e. The van der Waals surface area contributed by atoms with E-state index in [0.29, 0.717) is 0 Å². The summed E-state index contributed by atoms with van der Waals surface area (Å²) < 4.78 is 43.0. The molecule has 0 aromatic heterocycles. The topological polar surface area (TPSA) is 72.6 Å². The summed E-state index contributed by atoms with van der Waals surface area (Å²) in [4.78, 5) is 24.9. The summed E-state index contributed by atoms with van der Waals surface area (Å²) in [6.07, 6.45) is -4.44. The smallest absolute Gasteiger partial charge is 0.416 e. The fraction of sp³-hybridized carbons (Fsp3) is 0.263. The van der Waals surface area contributed by atoms with Crippen molar-refractivity contribution in [2.24, 2.45) is 5.73 Å². The molecule has 0 heterocycles. The Labute approximate surface area is 154 Å². The fourth-order valence-corrected chi connectivity index (χ4v) is 2.32. The molecular formula is C19H19F3N2O3. The van der Waals surface area contributed by atoms with Gasteiger partial charge in [-0.2, -0.15) is 13.2 Å². The molecule has 2 rings (SSSR count). The molecule has 144 valence electrons. The van der Waals surface area contributed by atoms with Crippen LogP contribution in [0.25, 0.3) is 0 Å². The molecule has 0 unspecified atom stereocenters. The van der Waals surface area contributed by atoms with E-state index in [1.807, 2.05) is 30.3 Å². The van der Waals surface area contributed by atoms with Gasteiger partial charge in [-0.15, -0.1) is 0 Å². The second-order valence-corrected chi connectivity index (χ2v) is 5.83. The van der Waals surface area contributed by atoms with Crippen LogP contribution in [0.5, 0.6) is 5.75 Å². The minimum atomic E-state index is -4.43. The van der Waals surface area contributed by atoms with Crippen LogP contribution in [0.1, 0.15) is 17.5 Å². The highest BCUT2D eigenvalue weighted by Crippen LogP contribution is 2.30. The Kier molecular flexibility index (Phi) is 6.81. The molecule has 0 aliphatic rings. The number of rotatable bonds is 8. The fourth-order valence-electron chi connectivity index (χ4n) is 2.32. The van der Waals surface area contributed by atoms with Crippen molar-refractivity contribution < 1.29 is 27.5 Å². The highest BCUT2D eigenvalue weighted by molar-refractivity contribution is 5.79. The quantitative estimate of drug-likeness (QED) is 0.765. The molecule has 8 heteroatoms. The van der Waals surface area contributed by atoms with Gasteiger partial charge in [0.15, 0.2) is 6.61 Å². The van der Waals surface area contributed by atoms with Gasteiger partial charge in [0, 0.05) is 19.5 Å². The third kappa shape index (κ3) is 6.65. The molecule has 5 nitrogen and oxygen atoms in total. The first kappa shape index (κ1) is 20.3. The van der Waals surface area contributed by atoms with Crippen LogP contribution < -0.4 is 10.5 Å². The lowest BCUT2D eigenvalue weighted by Gasteiger charge is -2.22. The zero-order valence-corrected chi connectivity index (χ0v) is 14.4. The van der Waals surface area contributed by atoms with Gasteiger partial charge >= 0.3 is 6.18 Å². The van der Waals surface area contributed by atoms with E-state index >= 15 is 0 Å². The number of amides is 2. The second kappa shape index (κ2) is 9.07. The monoisotopic (exact) mass is 380 g/mol. The number of benzene rings is 2. The minimum absolute atomic E-state index is 0.00114. The molecule has 0 spiro atoms. The van der Waals surface area contributed by atoms with Gasteiger partial charge in [-0.3, -0.25) is 9.59 Å². The molecule has 0 aliphatic carbocycles. The summed E-state index contributed by atoms with van der Waals surface area (Å²) in [6.45, 7) is 0.0275. The van der Waals surface area contributed by atoms with E-state index in [2.05, 4.69) is 0 Å². The summed E-state index contributed by atoms with van der Waals surface area (Å²) >= 11 is 0. The maximum absolute atomic E-state index is 12.6. The SMILES string of the molecule is NC(=O)CCN(Cc1ccccc1)C(=O)COc1ccc(C(F)(F)F)cc1. The molecule has 0 fully saturated rings. The predicted octanol–water partition coefficient (Wildman–Crippen LogP) is 2.99. The van der Waals surface area contributed by atoms with E-state index in [9.17, 15) is 22.8 Å². The maximum atomic E-state index is 12.6. The zero-order chi connectivity index (χ0) is 19.9. The molecule has 27 heavy (non-hydrogen) atoms. The Morgan fingerprint density at radius 2 is 1.63 bits per heavy atom. The predicted molar refractivity (Wildman–Crippen MR) is 92.6 cm³/mol. The molecule has 2 aromatic carbocycles. The number of nitrogens with zero attached hydrogens (tertiary/aromatic N) is 1. The van der Waals surface area contributed by atoms with E-state index in [4.69, 9.17) is 10.5 Å². The molecule has 0 radical (unpaired) electrons. The van der Waals surface area contributed by atoms with Gasteiger partial charge in [-0.25, -0.2) is 0 Å². The lowest BCUT2D eigenvalue weighted by atomic mass is 10.2. The average Bonchev–Trinajstić information content (AvgIpc) is 2.63. The van der Waals surface area contributed by atoms with Crippen molar-refractivity contribution in [2.45, 2.75) is 19.1 Å². The summed E-state index contributed by atoms with van der Waals surface area (Å²) in [5, 5.41) is 0.